The summed E-state index contributed by atoms with van der Waals surface area (Å²) in [6, 6.07) is 8.62. The second-order valence-corrected chi connectivity index (χ2v) is 4.61. The van der Waals surface area contributed by atoms with Crippen molar-refractivity contribution < 1.29 is 8.78 Å². The lowest BCUT2D eigenvalue weighted by Gasteiger charge is -2.20. The van der Waals surface area contributed by atoms with Crippen LogP contribution in [0, 0.1) is 18.6 Å². The van der Waals surface area contributed by atoms with Crippen molar-refractivity contribution in [2.45, 2.75) is 13.5 Å². The minimum Gasteiger partial charge on any atom is -0.353 e. The third kappa shape index (κ3) is 3.03. The summed E-state index contributed by atoms with van der Waals surface area (Å²) in [5, 5.41) is 0. The Labute approximate surface area is 116 Å². The van der Waals surface area contributed by atoms with Crippen LogP contribution in [0.4, 0.5) is 20.4 Å². The molecule has 0 bridgehead atoms. The molecule has 0 aliphatic carbocycles. The molecule has 1 aromatic carbocycles. The van der Waals surface area contributed by atoms with Gasteiger partial charge in [-0.2, -0.15) is 0 Å². The van der Waals surface area contributed by atoms with Gasteiger partial charge in [0.1, 0.15) is 0 Å². The number of aromatic nitrogens is 1. The van der Waals surface area contributed by atoms with Crippen LogP contribution in [0.2, 0.25) is 0 Å². The number of pyridine rings is 1. The van der Waals surface area contributed by atoms with E-state index >= 15 is 0 Å². The normalized spacial score (nSPS) is 10.4. The van der Waals surface area contributed by atoms with Crippen molar-refractivity contribution in [3.8, 4) is 0 Å². The van der Waals surface area contributed by atoms with Gasteiger partial charge in [0.25, 0.3) is 0 Å². The predicted molar refractivity (Wildman–Crippen MR) is 75.2 cm³/mol. The van der Waals surface area contributed by atoms with Gasteiger partial charge in [0.05, 0.1) is 0 Å². The highest BCUT2D eigenvalue weighted by Crippen LogP contribution is 2.22. The second kappa shape index (κ2) is 5.83. The Morgan fingerprint density at radius 1 is 1.25 bits per heavy atom. The molecule has 0 unspecified atom stereocenters. The zero-order chi connectivity index (χ0) is 14.7. The highest BCUT2D eigenvalue weighted by Gasteiger charge is 2.15. The zero-order valence-corrected chi connectivity index (χ0v) is 11.3. The van der Waals surface area contributed by atoms with Crippen LogP contribution in [0.25, 0.3) is 0 Å². The van der Waals surface area contributed by atoms with Gasteiger partial charge in [-0.15, -0.1) is 0 Å². The van der Waals surface area contributed by atoms with E-state index in [1.807, 2.05) is 31.2 Å². The van der Waals surface area contributed by atoms with Gasteiger partial charge in [-0.05, 0) is 12.5 Å². The molecule has 1 heterocycles. The summed E-state index contributed by atoms with van der Waals surface area (Å²) in [4.78, 5) is 5.45. The van der Waals surface area contributed by atoms with E-state index in [1.165, 1.54) is 0 Å². The summed E-state index contributed by atoms with van der Waals surface area (Å²) in [6.07, 6.45) is 0. The van der Waals surface area contributed by atoms with Crippen molar-refractivity contribution in [1.82, 2.24) is 4.98 Å². The minimum atomic E-state index is -0.822. The van der Waals surface area contributed by atoms with Crippen molar-refractivity contribution in [3.05, 3.63) is 53.1 Å². The van der Waals surface area contributed by atoms with Gasteiger partial charge >= 0.3 is 0 Å². The number of anilines is 2. The Bertz CT molecular complexity index is 616. The number of hydrogen-bond donors (Lipinski definition) is 2. The third-order valence-electron chi connectivity index (χ3n) is 2.91. The largest absolute Gasteiger partial charge is 0.353 e. The summed E-state index contributed by atoms with van der Waals surface area (Å²) in [6.45, 7) is 2.44. The topological polar surface area (TPSA) is 54.2 Å². The number of halogens is 2. The molecular weight excluding hydrogens is 262 g/mol. The molecular formula is C14H16F2N4. The quantitative estimate of drug-likeness (QED) is 0.666. The van der Waals surface area contributed by atoms with Crippen LogP contribution < -0.4 is 16.2 Å². The number of hydrogen-bond acceptors (Lipinski definition) is 4. The summed E-state index contributed by atoms with van der Waals surface area (Å²) in [5.74, 6) is 3.46. The number of nitrogen functional groups attached to an aromatic ring is 1. The average molecular weight is 278 g/mol. The maximum atomic E-state index is 13.8. The lowest BCUT2D eigenvalue weighted by atomic mass is 10.1. The van der Waals surface area contributed by atoms with Crippen molar-refractivity contribution >= 4 is 11.6 Å². The van der Waals surface area contributed by atoms with Gasteiger partial charge in [-0.25, -0.2) is 19.6 Å². The fourth-order valence-electron chi connectivity index (χ4n) is 1.99. The molecule has 20 heavy (non-hydrogen) atoms. The van der Waals surface area contributed by atoms with Gasteiger partial charge in [-0.1, -0.05) is 29.8 Å². The van der Waals surface area contributed by atoms with Gasteiger partial charge in [0, 0.05) is 19.7 Å². The number of benzene rings is 1. The summed E-state index contributed by atoms with van der Waals surface area (Å²) in [7, 11) is 1.69. The maximum Gasteiger partial charge on any atom is 0.178 e. The molecule has 0 amide bonds. The third-order valence-corrected chi connectivity index (χ3v) is 2.91. The second-order valence-electron chi connectivity index (χ2n) is 4.61. The molecule has 0 saturated carbocycles. The Hall–Kier alpha value is -2.21. The molecule has 0 aliphatic heterocycles. The average Bonchev–Trinajstić information content (AvgIpc) is 2.38. The summed E-state index contributed by atoms with van der Waals surface area (Å²) >= 11 is 0. The first kappa shape index (κ1) is 14.2. The Morgan fingerprint density at radius 2 is 2.00 bits per heavy atom. The molecule has 6 heteroatoms. The first-order chi connectivity index (χ1) is 9.51. The van der Waals surface area contributed by atoms with Crippen molar-refractivity contribution in [3.63, 3.8) is 0 Å². The summed E-state index contributed by atoms with van der Waals surface area (Å²) < 4.78 is 27.1. The highest BCUT2D eigenvalue weighted by molar-refractivity contribution is 5.48. The van der Waals surface area contributed by atoms with Crippen LogP contribution in [0.5, 0.6) is 0 Å². The number of nitrogens with two attached hydrogens (primary N) is 1. The van der Waals surface area contributed by atoms with Crippen LogP contribution in [0.15, 0.2) is 30.3 Å². The molecule has 2 rings (SSSR count). The van der Waals surface area contributed by atoms with Gasteiger partial charge in [0.2, 0.25) is 0 Å². The van der Waals surface area contributed by atoms with Crippen LogP contribution in [-0.4, -0.2) is 12.0 Å². The standard InChI is InChI=1S/C14H16F2N4/c1-9-4-3-5-10(6-9)8-20(2)14-12(16)7-11(15)13(18-14)19-17/h3-7H,8,17H2,1-2H3,(H,18,19). The number of rotatable bonds is 4. The minimum absolute atomic E-state index is 0.0425. The van der Waals surface area contributed by atoms with Gasteiger partial charge < -0.3 is 10.3 Å². The van der Waals surface area contributed by atoms with Crippen LogP contribution in [0.3, 0.4) is 0 Å². The molecule has 0 aliphatic rings. The van der Waals surface area contributed by atoms with E-state index in [0.717, 1.165) is 17.2 Å². The van der Waals surface area contributed by atoms with E-state index < -0.39 is 11.6 Å². The molecule has 106 valence electrons. The van der Waals surface area contributed by atoms with Gasteiger partial charge in [-0.3, -0.25) is 0 Å². The van der Waals surface area contributed by atoms with E-state index in [4.69, 9.17) is 5.84 Å². The molecule has 0 saturated heterocycles. The zero-order valence-electron chi connectivity index (χ0n) is 11.3. The van der Waals surface area contributed by atoms with Crippen LogP contribution in [0.1, 0.15) is 11.1 Å². The smallest absolute Gasteiger partial charge is 0.178 e. The number of nitrogens with zero attached hydrogens (tertiary/aromatic N) is 2. The Kier molecular flexibility index (Phi) is 4.14. The molecule has 0 fully saturated rings. The van der Waals surface area contributed by atoms with E-state index in [-0.39, 0.29) is 11.6 Å². The molecule has 0 atom stereocenters. The SMILES string of the molecule is Cc1cccc(CN(C)c2nc(NN)c(F)cc2F)c1. The van der Waals surface area contributed by atoms with Crippen molar-refractivity contribution in [2.24, 2.45) is 5.84 Å². The molecule has 0 spiro atoms. The van der Waals surface area contributed by atoms with Crippen molar-refractivity contribution in [2.75, 3.05) is 17.4 Å². The van der Waals surface area contributed by atoms with Crippen LogP contribution >= 0.6 is 0 Å². The number of nitrogens with one attached hydrogen (secondary N) is 1. The molecule has 3 N–H and O–H groups in total. The van der Waals surface area contributed by atoms with E-state index in [9.17, 15) is 8.78 Å². The Morgan fingerprint density at radius 3 is 2.65 bits per heavy atom. The molecule has 0 radical (unpaired) electrons. The van der Waals surface area contributed by atoms with E-state index in [2.05, 4.69) is 10.4 Å². The lowest BCUT2D eigenvalue weighted by Crippen LogP contribution is -2.21. The first-order valence-corrected chi connectivity index (χ1v) is 6.10. The van der Waals surface area contributed by atoms with E-state index in [0.29, 0.717) is 6.54 Å². The van der Waals surface area contributed by atoms with E-state index in [1.54, 1.807) is 11.9 Å². The highest BCUT2D eigenvalue weighted by atomic mass is 19.1. The van der Waals surface area contributed by atoms with Crippen molar-refractivity contribution in [1.29, 1.82) is 0 Å². The number of hydrazine groups is 1. The first-order valence-electron chi connectivity index (χ1n) is 6.10. The monoisotopic (exact) mass is 278 g/mol. The number of aryl methyl sites for hydroxylation is 1. The predicted octanol–water partition coefficient (Wildman–Crippen LogP) is 2.59. The van der Waals surface area contributed by atoms with Crippen LogP contribution in [-0.2, 0) is 6.54 Å². The molecule has 4 nitrogen and oxygen atoms in total. The maximum absolute atomic E-state index is 13.8. The Balaban J connectivity index is 2.27. The lowest BCUT2D eigenvalue weighted by molar-refractivity contribution is 0.572. The molecule has 1 aromatic heterocycles. The van der Waals surface area contributed by atoms with Gasteiger partial charge in [0.15, 0.2) is 23.3 Å². The summed E-state index contributed by atoms with van der Waals surface area (Å²) in [5.41, 5.74) is 4.24. The fraction of sp³-hybridized carbons (Fsp3) is 0.214. The fourth-order valence-corrected chi connectivity index (χ4v) is 1.99. The molecule has 2 aromatic rings.